The second-order valence-electron chi connectivity index (χ2n) is 8.89. The van der Waals surface area contributed by atoms with E-state index in [9.17, 15) is 4.79 Å². The molecule has 1 atom stereocenters. The third-order valence-corrected chi connectivity index (χ3v) is 7.25. The Balaban J connectivity index is 1.57. The van der Waals surface area contributed by atoms with Gasteiger partial charge in [0.1, 0.15) is 6.10 Å². The summed E-state index contributed by atoms with van der Waals surface area (Å²) in [6.07, 6.45) is 13.4. The van der Waals surface area contributed by atoms with E-state index in [4.69, 9.17) is 4.74 Å². The van der Waals surface area contributed by atoms with Gasteiger partial charge in [0.25, 0.3) is 0 Å². The summed E-state index contributed by atoms with van der Waals surface area (Å²) in [5.41, 5.74) is -0.0862. The molecular weight excluding hydrogens is 284 g/mol. The van der Waals surface area contributed by atoms with Crippen LogP contribution in [-0.2, 0) is 9.53 Å². The second kappa shape index (κ2) is 7.15. The number of hydrogen-bond donors (Lipinski definition) is 0. The highest BCUT2D eigenvalue weighted by molar-refractivity contribution is 5.77. The summed E-state index contributed by atoms with van der Waals surface area (Å²) in [5, 5.41) is 0. The molecule has 23 heavy (non-hydrogen) atoms. The zero-order valence-electron chi connectivity index (χ0n) is 15.5. The predicted molar refractivity (Wildman–Crippen MR) is 94.1 cm³/mol. The molecule has 0 aliphatic heterocycles. The molecule has 4 saturated carbocycles. The Hall–Kier alpha value is -0.530. The molecule has 1 unspecified atom stereocenters. The lowest BCUT2D eigenvalue weighted by molar-refractivity contribution is -0.177. The van der Waals surface area contributed by atoms with Gasteiger partial charge in [-0.1, -0.05) is 33.6 Å². The fourth-order valence-electron chi connectivity index (χ4n) is 6.10. The molecule has 0 spiro atoms. The molecular formula is C21H36O2. The first-order valence-electron chi connectivity index (χ1n) is 10.3. The number of hydrogen-bond acceptors (Lipinski definition) is 2. The highest BCUT2D eigenvalue weighted by atomic mass is 16.5. The average molecular weight is 321 g/mol. The molecule has 4 bridgehead atoms. The molecule has 0 aromatic heterocycles. The zero-order valence-corrected chi connectivity index (χ0v) is 15.5. The molecule has 0 heterocycles. The lowest BCUT2D eigenvalue weighted by atomic mass is 9.49. The SMILES string of the molecule is CCC(CC)CCC(CC)OC(=O)C12CC3CC(CC(C3)C1)C2. The quantitative estimate of drug-likeness (QED) is 0.533. The normalized spacial score (nSPS) is 36.4. The van der Waals surface area contributed by atoms with Gasteiger partial charge in [-0.05, 0) is 81.5 Å². The Kier molecular flexibility index (Phi) is 5.38. The summed E-state index contributed by atoms with van der Waals surface area (Å²) in [4.78, 5) is 13.0. The van der Waals surface area contributed by atoms with Gasteiger partial charge in [0.05, 0.1) is 5.41 Å². The van der Waals surface area contributed by atoms with Crippen molar-refractivity contribution >= 4 is 5.97 Å². The largest absolute Gasteiger partial charge is 0.462 e. The first-order valence-corrected chi connectivity index (χ1v) is 10.3. The Morgan fingerprint density at radius 2 is 1.43 bits per heavy atom. The van der Waals surface area contributed by atoms with E-state index in [0.29, 0.717) is 0 Å². The topological polar surface area (TPSA) is 26.3 Å². The molecule has 0 saturated heterocycles. The maximum absolute atomic E-state index is 13.0. The smallest absolute Gasteiger partial charge is 0.312 e. The number of carbonyl (C=O) groups excluding carboxylic acids is 1. The molecule has 4 rings (SSSR count). The summed E-state index contributed by atoms with van der Waals surface area (Å²) < 4.78 is 6.08. The van der Waals surface area contributed by atoms with E-state index in [0.717, 1.165) is 55.8 Å². The van der Waals surface area contributed by atoms with Crippen molar-refractivity contribution in [1.82, 2.24) is 0 Å². The first-order chi connectivity index (χ1) is 11.1. The summed E-state index contributed by atoms with van der Waals surface area (Å²) in [7, 11) is 0. The minimum Gasteiger partial charge on any atom is -0.462 e. The van der Waals surface area contributed by atoms with Gasteiger partial charge in [-0.3, -0.25) is 4.79 Å². The molecule has 4 aliphatic carbocycles. The Morgan fingerprint density at radius 3 is 1.87 bits per heavy atom. The molecule has 4 fully saturated rings. The van der Waals surface area contributed by atoms with Crippen LogP contribution in [0.15, 0.2) is 0 Å². The van der Waals surface area contributed by atoms with Crippen LogP contribution in [0, 0.1) is 29.1 Å². The van der Waals surface area contributed by atoms with Crippen molar-refractivity contribution in [2.45, 2.75) is 97.5 Å². The Labute approximate surface area is 142 Å². The fraction of sp³-hybridized carbons (Fsp3) is 0.952. The van der Waals surface area contributed by atoms with Crippen LogP contribution in [0.5, 0.6) is 0 Å². The van der Waals surface area contributed by atoms with Gasteiger partial charge in [0.2, 0.25) is 0 Å². The average Bonchev–Trinajstić information content (AvgIpc) is 2.53. The third-order valence-electron chi connectivity index (χ3n) is 7.25. The lowest BCUT2D eigenvalue weighted by Crippen LogP contribution is -2.51. The third kappa shape index (κ3) is 3.61. The van der Waals surface area contributed by atoms with Crippen LogP contribution in [0.2, 0.25) is 0 Å². The molecule has 0 radical (unpaired) electrons. The number of rotatable bonds is 8. The van der Waals surface area contributed by atoms with Crippen LogP contribution >= 0.6 is 0 Å². The second-order valence-corrected chi connectivity index (χ2v) is 8.89. The minimum atomic E-state index is -0.0862. The number of ether oxygens (including phenoxy) is 1. The van der Waals surface area contributed by atoms with E-state index in [1.165, 1.54) is 38.5 Å². The molecule has 0 amide bonds. The molecule has 0 aromatic rings. The molecule has 0 aromatic carbocycles. The molecule has 132 valence electrons. The highest BCUT2D eigenvalue weighted by Crippen LogP contribution is 2.60. The molecule has 2 heteroatoms. The maximum atomic E-state index is 13.0. The number of esters is 1. The van der Waals surface area contributed by atoms with E-state index in [1.54, 1.807) is 0 Å². The standard InChI is InChI=1S/C21H36O2/c1-4-15(5-2)7-8-19(6-3)23-20(22)21-12-16-9-17(13-21)11-18(10-16)14-21/h15-19H,4-14H2,1-3H3. The van der Waals surface area contributed by atoms with Crippen LogP contribution in [0.3, 0.4) is 0 Å². The molecule has 4 aliphatic rings. The monoisotopic (exact) mass is 320 g/mol. The minimum absolute atomic E-state index is 0.0862. The van der Waals surface area contributed by atoms with Gasteiger partial charge in [-0.15, -0.1) is 0 Å². The summed E-state index contributed by atoms with van der Waals surface area (Å²) >= 11 is 0. The van der Waals surface area contributed by atoms with Crippen LogP contribution < -0.4 is 0 Å². The highest BCUT2D eigenvalue weighted by Gasteiger charge is 2.55. The number of carbonyl (C=O) groups is 1. The molecule has 0 N–H and O–H groups in total. The van der Waals surface area contributed by atoms with Crippen LogP contribution in [0.1, 0.15) is 91.4 Å². The van der Waals surface area contributed by atoms with E-state index < -0.39 is 0 Å². The summed E-state index contributed by atoms with van der Waals surface area (Å²) in [5.74, 6) is 3.42. The first kappa shape index (κ1) is 17.3. The van der Waals surface area contributed by atoms with Gasteiger partial charge in [0, 0.05) is 0 Å². The van der Waals surface area contributed by atoms with Crippen molar-refractivity contribution in [2.75, 3.05) is 0 Å². The van der Waals surface area contributed by atoms with Crippen LogP contribution in [0.25, 0.3) is 0 Å². The van der Waals surface area contributed by atoms with Crippen molar-refractivity contribution < 1.29 is 9.53 Å². The summed E-state index contributed by atoms with van der Waals surface area (Å²) in [6.45, 7) is 6.72. The maximum Gasteiger partial charge on any atom is 0.312 e. The Morgan fingerprint density at radius 1 is 0.913 bits per heavy atom. The van der Waals surface area contributed by atoms with Crippen molar-refractivity contribution in [2.24, 2.45) is 29.1 Å². The van der Waals surface area contributed by atoms with E-state index in [1.807, 2.05) is 0 Å². The van der Waals surface area contributed by atoms with Crippen LogP contribution in [-0.4, -0.2) is 12.1 Å². The van der Waals surface area contributed by atoms with Crippen molar-refractivity contribution in [3.63, 3.8) is 0 Å². The van der Waals surface area contributed by atoms with Gasteiger partial charge in [0.15, 0.2) is 0 Å². The van der Waals surface area contributed by atoms with Gasteiger partial charge < -0.3 is 4.74 Å². The van der Waals surface area contributed by atoms with Gasteiger partial charge in [-0.25, -0.2) is 0 Å². The van der Waals surface area contributed by atoms with Crippen molar-refractivity contribution in [3.05, 3.63) is 0 Å². The lowest BCUT2D eigenvalue weighted by Gasteiger charge is -2.55. The molecule has 2 nitrogen and oxygen atoms in total. The van der Waals surface area contributed by atoms with E-state index in [2.05, 4.69) is 20.8 Å². The van der Waals surface area contributed by atoms with Gasteiger partial charge >= 0.3 is 5.97 Å². The predicted octanol–water partition coefficient (Wildman–Crippen LogP) is 5.74. The van der Waals surface area contributed by atoms with Gasteiger partial charge in [-0.2, -0.15) is 0 Å². The fourth-order valence-corrected chi connectivity index (χ4v) is 6.10. The van der Waals surface area contributed by atoms with E-state index >= 15 is 0 Å². The Bertz CT molecular complexity index is 375. The van der Waals surface area contributed by atoms with Crippen LogP contribution in [0.4, 0.5) is 0 Å². The van der Waals surface area contributed by atoms with Crippen molar-refractivity contribution in [1.29, 1.82) is 0 Å². The summed E-state index contributed by atoms with van der Waals surface area (Å²) in [6, 6.07) is 0. The zero-order chi connectivity index (χ0) is 16.4. The van der Waals surface area contributed by atoms with Crippen molar-refractivity contribution in [3.8, 4) is 0 Å². The van der Waals surface area contributed by atoms with E-state index in [-0.39, 0.29) is 17.5 Å².